The number of nitro benzene ring substituents is 1. The highest BCUT2D eigenvalue weighted by Crippen LogP contribution is 2.28. The van der Waals surface area contributed by atoms with E-state index in [2.05, 4.69) is 4.98 Å². The summed E-state index contributed by atoms with van der Waals surface area (Å²) in [7, 11) is 0. The fourth-order valence-electron chi connectivity index (χ4n) is 1.55. The van der Waals surface area contributed by atoms with E-state index in [0.29, 0.717) is 11.1 Å². The van der Waals surface area contributed by atoms with Gasteiger partial charge in [-0.25, -0.2) is 4.98 Å². The molecular weight excluding hydrogens is 216 g/mol. The molecule has 0 saturated carbocycles. The summed E-state index contributed by atoms with van der Waals surface area (Å²) in [5.74, 6) is 0. The summed E-state index contributed by atoms with van der Waals surface area (Å²) in [5.41, 5.74) is 0.751. The number of nitro groups is 1. The zero-order valence-corrected chi connectivity index (χ0v) is 8.65. The number of non-ortho nitro benzene ring substituents is 1. The third kappa shape index (κ3) is 1.64. The third-order valence-electron chi connectivity index (χ3n) is 2.21. The van der Waals surface area contributed by atoms with E-state index in [9.17, 15) is 10.1 Å². The van der Waals surface area contributed by atoms with Crippen molar-refractivity contribution in [2.24, 2.45) is 0 Å². The average Bonchev–Trinajstić information content (AvgIpc) is 2.16. The lowest BCUT2D eigenvalue weighted by Gasteiger charge is -2.02. The Hall–Kier alpha value is -1.68. The molecule has 0 atom stereocenters. The van der Waals surface area contributed by atoms with E-state index in [-0.39, 0.29) is 10.8 Å². The molecule has 0 aliphatic carbocycles. The van der Waals surface area contributed by atoms with Crippen molar-refractivity contribution in [2.45, 2.75) is 6.92 Å². The molecular formula is C10H7ClN2O2. The molecule has 4 nitrogen and oxygen atoms in total. The van der Waals surface area contributed by atoms with E-state index in [1.807, 2.05) is 0 Å². The zero-order valence-electron chi connectivity index (χ0n) is 7.90. The molecule has 5 heteroatoms. The van der Waals surface area contributed by atoms with Crippen LogP contribution in [0.1, 0.15) is 5.69 Å². The maximum atomic E-state index is 10.8. The molecule has 76 valence electrons. The molecule has 2 rings (SSSR count). The van der Waals surface area contributed by atoms with Crippen LogP contribution >= 0.6 is 11.6 Å². The summed E-state index contributed by atoms with van der Waals surface area (Å²) in [6.07, 6.45) is 0. The molecule has 0 unspecified atom stereocenters. The number of pyridine rings is 1. The van der Waals surface area contributed by atoms with Gasteiger partial charge >= 0.3 is 0 Å². The number of aryl methyl sites for hydroxylation is 1. The van der Waals surface area contributed by atoms with Gasteiger partial charge in [0.1, 0.15) is 5.15 Å². The number of aromatic nitrogens is 1. The fourth-order valence-corrected chi connectivity index (χ4v) is 1.79. The largest absolute Gasteiger partial charge is 0.277 e. The van der Waals surface area contributed by atoms with Gasteiger partial charge in [0.25, 0.3) is 5.69 Å². The van der Waals surface area contributed by atoms with Crippen LogP contribution < -0.4 is 0 Å². The molecule has 0 bridgehead atoms. The maximum absolute atomic E-state index is 10.8. The third-order valence-corrected chi connectivity index (χ3v) is 2.40. The van der Waals surface area contributed by atoms with Gasteiger partial charge in [0.2, 0.25) is 0 Å². The Morgan fingerprint density at radius 1 is 1.40 bits per heavy atom. The second-order valence-corrected chi connectivity index (χ2v) is 3.55. The summed E-state index contributed by atoms with van der Waals surface area (Å²) < 4.78 is 0. The highest BCUT2D eigenvalue weighted by atomic mass is 35.5. The van der Waals surface area contributed by atoms with Crippen molar-refractivity contribution in [3.05, 3.63) is 45.2 Å². The number of hydrogen-bond acceptors (Lipinski definition) is 3. The Balaban J connectivity index is 2.91. The van der Waals surface area contributed by atoms with Gasteiger partial charge < -0.3 is 0 Å². The Morgan fingerprint density at radius 3 is 2.80 bits per heavy atom. The highest BCUT2D eigenvalue weighted by molar-refractivity contribution is 6.30. The van der Waals surface area contributed by atoms with Gasteiger partial charge in [-0.2, -0.15) is 0 Å². The Kier molecular flexibility index (Phi) is 2.28. The summed E-state index contributed by atoms with van der Waals surface area (Å²) in [4.78, 5) is 14.4. The minimum absolute atomic E-state index is 0.0555. The second kappa shape index (κ2) is 3.47. The van der Waals surface area contributed by atoms with Crippen molar-refractivity contribution in [2.75, 3.05) is 0 Å². The second-order valence-electron chi connectivity index (χ2n) is 3.16. The van der Waals surface area contributed by atoms with Crippen LogP contribution in [0.2, 0.25) is 5.15 Å². The molecule has 2 aromatic rings. The lowest BCUT2D eigenvalue weighted by atomic mass is 10.1. The molecule has 0 aliphatic heterocycles. The monoisotopic (exact) mass is 222 g/mol. The fraction of sp³-hybridized carbons (Fsp3) is 0.100. The quantitative estimate of drug-likeness (QED) is 0.423. The standard InChI is InChI=1S/C10H7ClN2O2/c1-6-7-3-2-4-9(13(14)15)8(7)5-10(11)12-6/h2-5H,1H3. The van der Waals surface area contributed by atoms with Crippen molar-refractivity contribution in [3.63, 3.8) is 0 Å². The Morgan fingerprint density at radius 2 is 2.13 bits per heavy atom. The Labute approximate surface area is 90.7 Å². The van der Waals surface area contributed by atoms with Crippen molar-refractivity contribution in [3.8, 4) is 0 Å². The Bertz CT molecular complexity index is 554. The van der Waals surface area contributed by atoms with Gasteiger partial charge in [0.15, 0.2) is 0 Å². The molecule has 0 radical (unpaired) electrons. The molecule has 0 spiro atoms. The van der Waals surface area contributed by atoms with E-state index in [0.717, 1.165) is 5.39 Å². The summed E-state index contributed by atoms with van der Waals surface area (Å²) in [6, 6.07) is 6.41. The molecule has 0 fully saturated rings. The van der Waals surface area contributed by atoms with Crippen molar-refractivity contribution in [1.82, 2.24) is 4.98 Å². The zero-order chi connectivity index (χ0) is 11.0. The predicted octanol–water partition coefficient (Wildman–Crippen LogP) is 3.10. The lowest BCUT2D eigenvalue weighted by Crippen LogP contribution is -1.92. The van der Waals surface area contributed by atoms with Crippen LogP contribution in [0.3, 0.4) is 0 Å². The predicted molar refractivity (Wildman–Crippen MR) is 58.1 cm³/mol. The van der Waals surface area contributed by atoms with Crippen LogP contribution in [0.15, 0.2) is 24.3 Å². The van der Waals surface area contributed by atoms with Crippen LogP contribution in [0.4, 0.5) is 5.69 Å². The number of fused-ring (bicyclic) bond motifs is 1. The number of nitrogens with zero attached hydrogens (tertiary/aromatic N) is 2. The first kappa shape index (κ1) is 9.86. The van der Waals surface area contributed by atoms with Gasteiger partial charge in [0, 0.05) is 17.1 Å². The smallest absolute Gasteiger partial charge is 0.258 e. The van der Waals surface area contributed by atoms with Gasteiger partial charge in [-0.05, 0) is 13.0 Å². The van der Waals surface area contributed by atoms with E-state index in [1.54, 1.807) is 19.1 Å². The first-order valence-corrected chi connectivity index (χ1v) is 4.67. The van der Waals surface area contributed by atoms with E-state index in [4.69, 9.17) is 11.6 Å². The van der Waals surface area contributed by atoms with Crippen molar-refractivity contribution >= 4 is 28.1 Å². The molecule has 0 amide bonds. The normalized spacial score (nSPS) is 10.5. The minimum atomic E-state index is -0.419. The van der Waals surface area contributed by atoms with E-state index >= 15 is 0 Å². The highest BCUT2D eigenvalue weighted by Gasteiger charge is 2.13. The summed E-state index contributed by atoms with van der Waals surface area (Å²) >= 11 is 5.77. The number of hydrogen-bond donors (Lipinski definition) is 0. The van der Waals surface area contributed by atoms with Crippen LogP contribution in [-0.4, -0.2) is 9.91 Å². The summed E-state index contributed by atoms with van der Waals surface area (Å²) in [6.45, 7) is 1.78. The molecule has 1 aromatic heterocycles. The first-order chi connectivity index (χ1) is 7.09. The lowest BCUT2D eigenvalue weighted by molar-refractivity contribution is -0.383. The van der Waals surface area contributed by atoms with Gasteiger partial charge in [-0.3, -0.25) is 10.1 Å². The van der Waals surface area contributed by atoms with Crippen molar-refractivity contribution in [1.29, 1.82) is 0 Å². The van der Waals surface area contributed by atoms with Crippen LogP contribution in [-0.2, 0) is 0 Å². The molecule has 0 saturated heterocycles. The number of rotatable bonds is 1. The molecule has 0 N–H and O–H groups in total. The molecule has 1 heterocycles. The van der Waals surface area contributed by atoms with Crippen LogP contribution in [0.5, 0.6) is 0 Å². The maximum Gasteiger partial charge on any atom is 0.277 e. The van der Waals surface area contributed by atoms with E-state index < -0.39 is 4.92 Å². The van der Waals surface area contributed by atoms with Gasteiger partial charge in [0.05, 0.1) is 10.3 Å². The topological polar surface area (TPSA) is 56.0 Å². The first-order valence-electron chi connectivity index (χ1n) is 4.30. The minimum Gasteiger partial charge on any atom is -0.258 e. The average molecular weight is 223 g/mol. The van der Waals surface area contributed by atoms with Crippen LogP contribution in [0.25, 0.3) is 10.8 Å². The van der Waals surface area contributed by atoms with Gasteiger partial charge in [-0.1, -0.05) is 23.7 Å². The summed E-state index contributed by atoms with van der Waals surface area (Å²) in [5, 5.41) is 12.3. The van der Waals surface area contributed by atoms with Crippen LogP contribution in [0, 0.1) is 17.0 Å². The van der Waals surface area contributed by atoms with Crippen molar-refractivity contribution < 1.29 is 4.92 Å². The molecule has 0 aliphatic rings. The van der Waals surface area contributed by atoms with Gasteiger partial charge in [-0.15, -0.1) is 0 Å². The molecule has 1 aromatic carbocycles. The van der Waals surface area contributed by atoms with E-state index in [1.165, 1.54) is 12.1 Å². The number of halogens is 1. The molecule has 15 heavy (non-hydrogen) atoms. The number of benzene rings is 1. The SMILES string of the molecule is Cc1nc(Cl)cc2c([N+](=O)[O-])cccc12.